The minimum atomic E-state index is -0.315. The van der Waals surface area contributed by atoms with Gasteiger partial charge in [-0.1, -0.05) is 13.8 Å². The van der Waals surface area contributed by atoms with Crippen molar-refractivity contribution in [1.82, 2.24) is 16.0 Å². The van der Waals surface area contributed by atoms with Crippen molar-refractivity contribution in [3.63, 3.8) is 0 Å². The van der Waals surface area contributed by atoms with Crippen LogP contribution in [0, 0.1) is 5.41 Å². The Labute approximate surface area is 129 Å². The van der Waals surface area contributed by atoms with Crippen molar-refractivity contribution in [3.8, 4) is 0 Å². The van der Waals surface area contributed by atoms with Gasteiger partial charge in [0.2, 0.25) is 5.91 Å². The number of rotatable bonds is 4. The van der Waals surface area contributed by atoms with Crippen molar-refractivity contribution >= 4 is 23.3 Å². The second kappa shape index (κ2) is 6.47. The van der Waals surface area contributed by atoms with Gasteiger partial charge in [-0.25, -0.2) is 4.79 Å². The van der Waals surface area contributed by atoms with Crippen LogP contribution in [0.5, 0.6) is 0 Å². The summed E-state index contributed by atoms with van der Waals surface area (Å²) in [6.45, 7) is 5.12. The lowest BCUT2D eigenvalue weighted by Gasteiger charge is -2.29. The number of carbonyl (C=O) groups is 2. The van der Waals surface area contributed by atoms with Crippen molar-refractivity contribution in [1.29, 1.82) is 0 Å². The maximum atomic E-state index is 11.6. The van der Waals surface area contributed by atoms with Gasteiger partial charge in [-0.3, -0.25) is 4.79 Å². The molecule has 6 heteroatoms. The monoisotopic (exact) mass is 309 g/mol. The molecule has 0 unspecified atom stereocenters. The molecule has 1 aliphatic carbocycles. The Morgan fingerprint density at radius 3 is 2.81 bits per heavy atom. The molecule has 0 atom stereocenters. The van der Waals surface area contributed by atoms with Crippen LogP contribution in [0.15, 0.2) is 6.07 Å². The van der Waals surface area contributed by atoms with Crippen LogP contribution in [-0.2, 0) is 24.2 Å². The van der Waals surface area contributed by atoms with Crippen molar-refractivity contribution in [2.24, 2.45) is 5.41 Å². The van der Waals surface area contributed by atoms with Gasteiger partial charge in [0.25, 0.3) is 0 Å². The molecule has 0 aliphatic heterocycles. The predicted octanol–water partition coefficient (Wildman–Crippen LogP) is 1.81. The SMILES string of the molecule is CNC(=O)CNC(=O)NCc1cc2c(s1)CCC(C)(C)C2. The first-order valence-electron chi connectivity index (χ1n) is 7.22. The fourth-order valence-electron chi connectivity index (χ4n) is 2.51. The van der Waals surface area contributed by atoms with Crippen LogP contribution in [0.1, 0.15) is 35.6 Å². The molecule has 0 saturated carbocycles. The molecular formula is C15H23N3O2S. The molecule has 0 fully saturated rings. The molecule has 1 heterocycles. The zero-order chi connectivity index (χ0) is 15.5. The minimum absolute atomic E-state index is 0.00252. The van der Waals surface area contributed by atoms with Crippen LogP contribution < -0.4 is 16.0 Å². The van der Waals surface area contributed by atoms with Crippen LogP contribution in [0.4, 0.5) is 4.79 Å². The largest absolute Gasteiger partial charge is 0.358 e. The average molecular weight is 309 g/mol. The van der Waals surface area contributed by atoms with Crippen molar-refractivity contribution in [3.05, 3.63) is 21.4 Å². The van der Waals surface area contributed by atoms with Crippen LogP contribution >= 0.6 is 11.3 Å². The van der Waals surface area contributed by atoms with E-state index in [0.29, 0.717) is 12.0 Å². The normalized spacial score (nSPS) is 16.0. The van der Waals surface area contributed by atoms with E-state index in [1.165, 1.54) is 21.7 Å². The van der Waals surface area contributed by atoms with E-state index in [-0.39, 0.29) is 18.5 Å². The molecule has 0 spiro atoms. The van der Waals surface area contributed by atoms with Gasteiger partial charge in [-0.15, -0.1) is 11.3 Å². The Morgan fingerprint density at radius 1 is 1.33 bits per heavy atom. The van der Waals surface area contributed by atoms with Crippen LogP contribution in [0.2, 0.25) is 0 Å². The lowest BCUT2D eigenvalue weighted by atomic mass is 9.77. The van der Waals surface area contributed by atoms with E-state index in [1.54, 1.807) is 18.4 Å². The van der Waals surface area contributed by atoms with E-state index >= 15 is 0 Å². The molecule has 0 aromatic carbocycles. The van der Waals surface area contributed by atoms with E-state index in [2.05, 4.69) is 35.9 Å². The molecule has 5 nitrogen and oxygen atoms in total. The van der Waals surface area contributed by atoms with Crippen molar-refractivity contribution < 1.29 is 9.59 Å². The fourth-order valence-corrected chi connectivity index (χ4v) is 3.64. The van der Waals surface area contributed by atoms with Crippen LogP contribution in [0.3, 0.4) is 0 Å². The van der Waals surface area contributed by atoms with E-state index in [0.717, 1.165) is 12.8 Å². The zero-order valence-electron chi connectivity index (χ0n) is 12.8. The Morgan fingerprint density at radius 2 is 2.10 bits per heavy atom. The third-order valence-electron chi connectivity index (χ3n) is 3.76. The maximum Gasteiger partial charge on any atom is 0.315 e. The first kappa shape index (κ1) is 15.8. The predicted molar refractivity (Wildman–Crippen MR) is 84.4 cm³/mol. The summed E-state index contributed by atoms with van der Waals surface area (Å²) in [5, 5.41) is 7.76. The number of hydrogen-bond donors (Lipinski definition) is 3. The summed E-state index contributed by atoms with van der Waals surface area (Å²) in [4.78, 5) is 25.2. The Kier molecular flexibility index (Phi) is 4.88. The highest BCUT2D eigenvalue weighted by atomic mass is 32.1. The third kappa shape index (κ3) is 4.46. The van der Waals surface area contributed by atoms with Gasteiger partial charge >= 0.3 is 6.03 Å². The van der Waals surface area contributed by atoms with Crippen LogP contribution in [-0.4, -0.2) is 25.5 Å². The summed E-state index contributed by atoms with van der Waals surface area (Å²) < 4.78 is 0. The maximum absolute atomic E-state index is 11.6. The van der Waals surface area contributed by atoms with Gasteiger partial charge in [-0.2, -0.15) is 0 Å². The number of amides is 3. The number of thiophene rings is 1. The molecule has 0 bridgehead atoms. The summed E-state index contributed by atoms with van der Waals surface area (Å²) >= 11 is 1.79. The van der Waals surface area contributed by atoms with Gasteiger partial charge in [-0.05, 0) is 36.3 Å². The molecule has 0 radical (unpaired) electrons. The Bertz CT molecular complexity index is 537. The highest BCUT2D eigenvalue weighted by molar-refractivity contribution is 7.12. The number of likely N-dealkylation sites (N-methyl/N-ethyl adjacent to an activating group) is 1. The smallest absolute Gasteiger partial charge is 0.315 e. The van der Waals surface area contributed by atoms with E-state index in [4.69, 9.17) is 0 Å². The minimum Gasteiger partial charge on any atom is -0.358 e. The van der Waals surface area contributed by atoms with Gasteiger partial charge in [0.15, 0.2) is 0 Å². The number of fused-ring (bicyclic) bond motifs is 1. The molecule has 1 aliphatic rings. The quantitative estimate of drug-likeness (QED) is 0.794. The lowest BCUT2D eigenvalue weighted by Crippen LogP contribution is -2.40. The first-order valence-corrected chi connectivity index (χ1v) is 8.04. The topological polar surface area (TPSA) is 70.2 Å². The highest BCUT2D eigenvalue weighted by Gasteiger charge is 2.26. The average Bonchev–Trinajstić information content (AvgIpc) is 2.83. The summed E-state index contributed by atoms with van der Waals surface area (Å²) in [5.41, 5.74) is 1.81. The highest BCUT2D eigenvalue weighted by Crippen LogP contribution is 2.38. The molecule has 0 saturated heterocycles. The number of aryl methyl sites for hydroxylation is 1. The molecule has 116 valence electrons. The lowest BCUT2D eigenvalue weighted by molar-refractivity contribution is -0.119. The molecule has 1 aromatic rings. The number of nitrogens with one attached hydrogen (secondary N) is 3. The molecule has 3 amide bonds. The third-order valence-corrected chi connectivity index (χ3v) is 4.99. The summed E-state index contributed by atoms with van der Waals surface area (Å²) in [6.07, 6.45) is 3.47. The van der Waals surface area contributed by atoms with E-state index in [9.17, 15) is 9.59 Å². The van der Waals surface area contributed by atoms with Crippen molar-refractivity contribution in [2.75, 3.05) is 13.6 Å². The Balaban J connectivity index is 1.83. The standard InChI is InChI=1S/C15H23N3O2S/c1-15(2)5-4-12-10(7-15)6-11(21-12)8-17-14(20)18-9-13(19)16-3/h6H,4-5,7-9H2,1-3H3,(H,16,19)(H2,17,18,20). The van der Waals surface area contributed by atoms with Gasteiger partial charge in [0.05, 0.1) is 13.1 Å². The van der Waals surface area contributed by atoms with Gasteiger partial charge in [0, 0.05) is 16.8 Å². The molecule has 1 aromatic heterocycles. The van der Waals surface area contributed by atoms with Gasteiger partial charge in [0.1, 0.15) is 0 Å². The summed E-state index contributed by atoms with van der Waals surface area (Å²) in [7, 11) is 1.54. The zero-order valence-corrected chi connectivity index (χ0v) is 13.7. The number of carbonyl (C=O) groups excluding carboxylic acids is 2. The van der Waals surface area contributed by atoms with Gasteiger partial charge < -0.3 is 16.0 Å². The summed E-state index contributed by atoms with van der Waals surface area (Å²) in [5.74, 6) is -0.209. The Hall–Kier alpha value is -1.56. The van der Waals surface area contributed by atoms with Crippen molar-refractivity contribution in [2.45, 2.75) is 39.7 Å². The fraction of sp³-hybridized carbons (Fsp3) is 0.600. The molecular weight excluding hydrogens is 286 g/mol. The second-order valence-corrected chi connectivity index (χ2v) is 7.43. The molecule has 2 rings (SSSR count). The van der Waals surface area contributed by atoms with E-state index in [1.807, 2.05) is 0 Å². The first-order chi connectivity index (χ1) is 9.89. The van der Waals surface area contributed by atoms with E-state index < -0.39 is 0 Å². The van der Waals surface area contributed by atoms with Crippen LogP contribution in [0.25, 0.3) is 0 Å². The number of urea groups is 1. The summed E-state index contributed by atoms with van der Waals surface area (Å²) in [6, 6.07) is 1.89. The molecule has 3 N–H and O–H groups in total. The number of hydrogen-bond acceptors (Lipinski definition) is 3. The molecule has 21 heavy (non-hydrogen) atoms. The second-order valence-electron chi connectivity index (χ2n) is 6.21.